The Morgan fingerprint density at radius 2 is 1.73 bits per heavy atom. The molecule has 6 heteroatoms. The summed E-state index contributed by atoms with van der Waals surface area (Å²) >= 11 is 0. The van der Waals surface area contributed by atoms with Crippen LogP contribution in [0.4, 0.5) is 0 Å². The van der Waals surface area contributed by atoms with Crippen LogP contribution in [0.3, 0.4) is 0 Å². The van der Waals surface area contributed by atoms with Crippen LogP contribution in [0.15, 0.2) is 0 Å². The zero-order valence-corrected chi connectivity index (χ0v) is 13.8. The van der Waals surface area contributed by atoms with Gasteiger partial charge in [-0.15, -0.1) is 0 Å². The summed E-state index contributed by atoms with van der Waals surface area (Å²) < 4.78 is 4.55. The lowest BCUT2D eigenvalue weighted by Crippen LogP contribution is -2.48. The van der Waals surface area contributed by atoms with Crippen molar-refractivity contribution in [2.45, 2.75) is 70.9 Å². The molecule has 1 saturated carbocycles. The number of rotatable bonds is 7. The highest BCUT2D eigenvalue weighted by Gasteiger charge is 2.21. The second-order valence-corrected chi connectivity index (χ2v) is 6.19. The predicted octanol–water partition coefficient (Wildman–Crippen LogP) is 1.53. The van der Waals surface area contributed by atoms with Gasteiger partial charge in [-0.2, -0.15) is 0 Å². The van der Waals surface area contributed by atoms with Crippen LogP contribution in [-0.4, -0.2) is 37.0 Å². The largest absolute Gasteiger partial charge is 0.469 e. The van der Waals surface area contributed by atoms with Crippen molar-refractivity contribution in [2.24, 2.45) is 5.92 Å². The maximum Gasteiger partial charge on any atom is 0.307 e. The minimum absolute atomic E-state index is 0.0739. The van der Waals surface area contributed by atoms with Gasteiger partial charge in [0.15, 0.2) is 0 Å². The Morgan fingerprint density at radius 3 is 2.32 bits per heavy atom. The highest BCUT2D eigenvalue weighted by molar-refractivity contribution is 5.87. The molecule has 0 aromatic heterocycles. The van der Waals surface area contributed by atoms with Crippen LogP contribution in [0.2, 0.25) is 0 Å². The molecule has 0 heterocycles. The van der Waals surface area contributed by atoms with Crippen molar-refractivity contribution in [2.75, 3.05) is 7.11 Å². The van der Waals surface area contributed by atoms with E-state index in [0.29, 0.717) is 12.3 Å². The summed E-state index contributed by atoms with van der Waals surface area (Å²) in [6.07, 6.45) is 6.46. The molecule has 0 unspecified atom stereocenters. The quantitative estimate of drug-likeness (QED) is 0.698. The number of methoxy groups -OCH3 is 1. The molecule has 22 heavy (non-hydrogen) atoms. The fourth-order valence-corrected chi connectivity index (χ4v) is 2.77. The molecule has 1 aliphatic rings. The number of ether oxygens (including phenoxy) is 1. The third-order valence-electron chi connectivity index (χ3n) is 4.06. The highest BCUT2D eigenvalue weighted by atomic mass is 16.5. The molecule has 0 aliphatic heterocycles. The Kier molecular flexibility index (Phi) is 7.91. The van der Waals surface area contributed by atoms with Crippen LogP contribution in [0, 0.1) is 5.92 Å². The van der Waals surface area contributed by atoms with E-state index in [1.807, 2.05) is 0 Å². The number of hydrogen-bond donors (Lipinski definition) is 2. The van der Waals surface area contributed by atoms with Crippen molar-refractivity contribution in [3.05, 3.63) is 0 Å². The molecule has 1 aliphatic carbocycles. The van der Waals surface area contributed by atoms with Crippen molar-refractivity contribution in [1.29, 1.82) is 0 Å². The molecule has 2 amide bonds. The highest BCUT2D eigenvalue weighted by Crippen LogP contribution is 2.26. The fraction of sp³-hybridized carbons (Fsp3) is 0.812. The normalized spacial score (nSPS) is 18.1. The maximum absolute atomic E-state index is 12.0. The first-order valence-electron chi connectivity index (χ1n) is 8.09. The molecule has 0 radical (unpaired) electrons. The molecule has 2 N–H and O–H groups in total. The number of hydrogen-bond acceptors (Lipinski definition) is 4. The lowest BCUT2D eigenvalue weighted by atomic mass is 9.87. The molecule has 0 aromatic carbocycles. The lowest BCUT2D eigenvalue weighted by molar-refractivity contribution is -0.141. The average molecular weight is 312 g/mol. The van der Waals surface area contributed by atoms with E-state index in [9.17, 15) is 14.4 Å². The van der Waals surface area contributed by atoms with Gasteiger partial charge in [0.05, 0.1) is 13.5 Å². The van der Waals surface area contributed by atoms with Gasteiger partial charge >= 0.3 is 5.97 Å². The Hall–Kier alpha value is -1.59. The van der Waals surface area contributed by atoms with E-state index in [-0.39, 0.29) is 30.2 Å². The number of amides is 2. The van der Waals surface area contributed by atoms with Crippen molar-refractivity contribution in [3.8, 4) is 0 Å². The SMILES string of the molecule is COC(=O)C[C@@H](C)NC(=O)[C@@H](C)NC(=O)CC1CCCCC1. The van der Waals surface area contributed by atoms with Gasteiger partial charge in [-0.3, -0.25) is 14.4 Å². The summed E-state index contributed by atoms with van der Waals surface area (Å²) in [7, 11) is 1.31. The Balaban J connectivity index is 2.30. The molecule has 1 fully saturated rings. The first-order valence-corrected chi connectivity index (χ1v) is 8.09. The third-order valence-corrected chi connectivity index (χ3v) is 4.06. The van der Waals surface area contributed by atoms with Crippen molar-refractivity contribution in [1.82, 2.24) is 10.6 Å². The first kappa shape index (κ1) is 18.5. The molecule has 0 saturated heterocycles. The molecule has 1 rings (SSSR count). The third kappa shape index (κ3) is 6.91. The monoisotopic (exact) mass is 312 g/mol. The zero-order valence-electron chi connectivity index (χ0n) is 13.8. The smallest absolute Gasteiger partial charge is 0.307 e. The van der Waals surface area contributed by atoms with Crippen LogP contribution < -0.4 is 10.6 Å². The Bertz CT molecular complexity index is 392. The minimum atomic E-state index is -0.601. The molecular formula is C16H28N2O4. The van der Waals surface area contributed by atoms with Gasteiger partial charge in [0.25, 0.3) is 0 Å². The van der Waals surface area contributed by atoms with Gasteiger partial charge in [-0.05, 0) is 32.6 Å². The molecule has 6 nitrogen and oxygen atoms in total. The summed E-state index contributed by atoms with van der Waals surface area (Å²) in [5, 5.41) is 5.43. The molecule has 0 aromatic rings. The van der Waals surface area contributed by atoms with Crippen LogP contribution >= 0.6 is 0 Å². The minimum Gasteiger partial charge on any atom is -0.469 e. The molecule has 0 bridgehead atoms. The molecule has 2 atom stereocenters. The van der Waals surface area contributed by atoms with Crippen LogP contribution in [0.5, 0.6) is 0 Å². The van der Waals surface area contributed by atoms with Gasteiger partial charge in [0.1, 0.15) is 6.04 Å². The van der Waals surface area contributed by atoms with E-state index in [2.05, 4.69) is 15.4 Å². The van der Waals surface area contributed by atoms with Gasteiger partial charge in [0.2, 0.25) is 11.8 Å². The van der Waals surface area contributed by atoms with Gasteiger partial charge in [-0.1, -0.05) is 19.3 Å². The molecule has 0 spiro atoms. The van der Waals surface area contributed by atoms with Crippen molar-refractivity contribution in [3.63, 3.8) is 0 Å². The lowest BCUT2D eigenvalue weighted by Gasteiger charge is -2.22. The van der Waals surface area contributed by atoms with Gasteiger partial charge in [-0.25, -0.2) is 0 Å². The van der Waals surface area contributed by atoms with E-state index in [0.717, 1.165) is 12.8 Å². The summed E-state index contributed by atoms with van der Waals surface area (Å²) in [5.74, 6) is -0.285. The fourth-order valence-electron chi connectivity index (χ4n) is 2.77. The average Bonchev–Trinajstić information content (AvgIpc) is 2.47. The maximum atomic E-state index is 12.0. The van der Waals surface area contributed by atoms with Crippen molar-refractivity contribution < 1.29 is 19.1 Å². The van der Waals surface area contributed by atoms with Crippen LogP contribution in [0.25, 0.3) is 0 Å². The summed E-state index contributed by atoms with van der Waals surface area (Å²) in [6.45, 7) is 3.38. The Labute approximate surface area is 132 Å². The summed E-state index contributed by atoms with van der Waals surface area (Å²) in [6, 6.07) is -0.922. The van der Waals surface area contributed by atoms with Gasteiger partial charge in [0, 0.05) is 12.5 Å². The number of carbonyl (C=O) groups is 3. The standard InChI is InChI=1S/C16H28N2O4/c1-11(9-15(20)22-3)17-16(21)12(2)18-14(19)10-13-7-5-4-6-8-13/h11-13H,4-10H2,1-3H3,(H,17,21)(H,18,19)/t11-,12-/m1/s1. The second-order valence-electron chi connectivity index (χ2n) is 6.19. The van der Waals surface area contributed by atoms with E-state index >= 15 is 0 Å². The topological polar surface area (TPSA) is 84.5 Å². The molecule has 126 valence electrons. The summed E-state index contributed by atoms with van der Waals surface area (Å²) in [5.41, 5.74) is 0. The van der Waals surface area contributed by atoms with E-state index in [1.165, 1.54) is 26.4 Å². The zero-order chi connectivity index (χ0) is 16.5. The Morgan fingerprint density at radius 1 is 1.09 bits per heavy atom. The predicted molar refractivity (Wildman–Crippen MR) is 83.0 cm³/mol. The first-order chi connectivity index (χ1) is 10.4. The summed E-state index contributed by atoms with van der Waals surface area (Å²) in [4.78, 5) is 35.1. The van der Waals surface area contributed by atoms with E-state index in [4.69, 9.17) is 0 Å². The number of carbonyl (C=O) groups excluding carboxylic acids is 3. The van der Waals surface area contributed by atoms with Crippen molar-refractivity contribution >= 4 is 17.8 Å². The van der Waals surface area contributed by atoms with Gasteiger partial charge < -0.3 is 15.4 Å². The number of esters is 1. The number of nitrogens with one attached hydrogen (secondary N) is 2. The van der Waals surface area contributed by atoms with Crippen LogP contribution in [0.1, 0.15) is 58.8 Å². The molecular weight excluding hydrogens is 284 g/mol. The van der Waals surface area contributed by atoms with E-state index in [1.54, 1.807) is 13.8 Å². The van der Waals surface area contributed by atoms with Crippen LogP contribution in [-0.2, 0) is 19.1 Å². The second kappa shape index (κ2) is 9.43. The van der Waals surface area contributed by atoms with E-state index < -0.39 is 6.04 Å².